The van der Waals surface area contributed by atoms with E-state index in [0.717, 1.165) is 10.8 Å². The van der Waals surface area contributed by atoms with E-state index in [-0.39, 0.29) is 12.4 Å². The van der Waals surface area contributed by atoms with Gasteiger partial charge in [0.1, 0.15) is 0 Å². The van der Waals surface area contributed by atoms with Crippen LogP contribution in [0.1, 0.15) is 22.8 Å². The minimum Gasteiger partial charge on any atom is -0.466 e. The van der Waals surface area contributed by atoms with E-state index in [1.165, 1.54) is 0 Å². The third-order valence-corrected chi connectivity index (χ3v) is 3.05. The number of carbonyl (C=O) groups is 2. The van der Waals surface area contributed by atoms with Gasteiger partial charge in [-0.1, -0.05) is 31.9 Å². The summed E-state index contributed by atoms with van der Waals surface area (Å²) in [6.07, 6.45) is 0.824. The van der Waals surface area contributed by atoms with Gasteiger partial charge < -0.3 is 4.74 Å². The molecule has 0 radical (unpaired) electrons. The maximum absolute atomic E-state index is 11.3. The third kappa shape index (κ3) is 3.42. The highest BCUT2D eigenvalue weighted by molar-refractivity contribution is 9.11. The van der Waals surface area contributed by atoms with Gasteiger partial charge in [0.05, 0.1) is 13.0 Å². The highest BCUT2D eigenvalue weighted by Gasteiger charge is 2.12. The summed E-state index contributed by atoms with van der Waals surface area (Å²) >= 11 is 6.58. The number of ether oxygens (including phenoxy) is 1. The molecule has 0 spiro atoms. The zero-order chi connectivity index (χ0) is 12.1. The quantitative estimate of drug-likeness (QED) is 0.619. The lowest BCUT2D eigenvalue weighted by Crippen LogP contribution is -2.09. The number of rotatable bonds is 4. The van der Waals surface area contributed by atoms with Gasteiger partial charge in [0.15, 0.2) is 6.29 Å². The van der Waals surface area contributed by atoms with Crippen molar-refractivity contribution < 1.29 is 14.3 Å². The Bertz CT molecular complexity index is 416. The van der Waals surface area contributed by atoms with E-state index >= 15 is 0 Å². The summed E-state index contributed by atoms with van der Waals surface area (Å²) in [6.45, 7) is 2.08. The average molecular weight is 350 g/mol. The molecule has 1 aromatic carbocycles. The van der Waals surface area contributed by atoms with Gasteiger partial charge in [0, 0.05) is 14.5 Å². The lowest BCUT2D eigenvalue weighted by Gasteiger charge is -2.07. The molecular formula is C11H10Br2O3. The lowest BCUT2D eigenvalue weighted by atomic mass is 10.1. The van der Waals surface area contributed by atoms with E-state index in [1.807, 2.05) is 0 Å². The maximum atomic E-state index is 11.3. The van der Waals surface area contributed by atoms with Crippen molar-refractivity contribution >= 4 is 44.1 Å². The molecule has 16 heavy (non-hydrogen) atoms. The highest BCUT2D eigenvalue weighted by Crippen LogP contribution is 2.25. The van der Waals surface area contributed by atoms with Crippen LogP contribution in [-0.4, -0.2) is 18.9 Å². The van der Waals surface area contributed by atoms with E-state index in [0.29, 0.717) is 22.2 Å². The summed E-state index contributed by atoms with van der Waals surface area (Å²) in [5.74, 6) is -0.337. The topological polar surface area (TPSA) is 43.4 Å². The number of benzene rings is 1. The minimum absolute atomic E-state index is 0.0972. The minimum atomic E-state index is -0.337. The Morgan fingerprint density at radius 2 is 2.12 bits per heavy atom. The molecule has 0 saturated carbocycles. The van der Waals surface area contributed by atoms with Crippen LogP contribution in [-0.2, 0) is 16.0 Å². The zero-order valence-electron chi connectivity index (χ0n) is 8.63. The SMILES string of the molecule is CCOC(=O)Cc1cc(Br)cc(Br)c1C=O. The molecule has 0 atom stereocenters. The second-order valence-corrected chi connectivity index (χ2v) is 4.83. The molecule has 1 rings (SSSR count). The Morgan fingerprint density at radius 3 is 2.69 bits per heavy atom. The Hall–Kier alpha value is -0.680. The number of carbonyl (C=O) groups excluding carboxylic acids is 2. The number of halogens is 2. The first kappa shape index (κ1) is 13.4. The zero-order valence-corrected chi connectivity index (χ0v) is 11.8. The molecule has 0 aliphatic carbocycles. The summed E-state index contributed by atoms with van der Waals surface area (Å²) in [6, 6.07) is 3.50. The molecule has 1 aromatic rings. The second kappa shape index (κ2) is 6.15. The van der Waals surface area contributed by atoms with Crippen LogP contribution in [0, 0.1) is 0 Å². The van der Waals surface area contributed by atoms with Crippen molar-refractivity contribution in [2.75, 3.05) is 6.61 Å². The molecule has 0 aliphatic heterocycles. The van der Waals surface area contributed by atoms with Gasteiger partial charge in [-0.25, -0.2) is 0 Å². The van der Waals surface area contributed by atoms with E-state index in [2.05, 4.69) is 31.9 Å². The summed E-state index contributed by atoms with van der Waals surface area (Å²) in [5, 5.41) is 0. The standard InChI is InChI=1S/C11H10Br2O3/c1-2-16-11(15)4-7-3-8(12)5-10(13)9(7)6-14/h3,5-6H,2,4H2,1H3. The molecule has 5 heteroatoms. The maximum Gasteiger partial charge on any atom is 0.310 e. The fraction of sp³-hybridized carbons (Fsp3) is 0.273. The van der Waals surface area contributed by atoms with Crippen molar-refractivity contribution in [3.05, 3.63) is 32.2 Å². The molecule has 0 fully saturated rings. The molecule has 0 bridgehead atoms. The molecule has 86 valence electrons. The molecule has 0 saturated heterocycles. The lowest BCUT2D eigenvalue weighted by molar-refractivity contribution is -0.142. The molecule has 0 aliphatic rings. The predicted molar refractivity (Wildman–Crippen MR) is 67.6 cm³/mol. The van der Waals surface area contributed by atoms with Gasteiger partial charge in [-0.3, -0.25) is 9.59 Å². The third-order valence-electron chi connectivity index (χ3n) is 1.94. The van der Waals surface area contributed by atoms with E-state index in [4.69, 9.17) is 4.74 Å². The van der Waals surface area contributed by atoms with Crippen molar-refractivity contribution in [2.45, 2.75) is 13.3 Å². The van der Waals surface area contributed by atoms with Crippen molar-refractivity contribution in [3.8, 4) is 0 Å². The molecule has 3 nitrogen and oxygen atoms in total. The molecule has 0 amide bonds. The van der Waals surface area contributed by atoms with Crippen LogP contribution in [0.2, 0.25) is 0 Å². The smallest absolute Gasteiger partial charge is 0.310 e. The summed E-state index contributed by atoms with van der Waals surface area (Å²) in [4.78, 5) is 22.2. The molecule has 0 heterocycles. The summed E-state index contributed by atoms with van der Waals surface area (Å²) in [5.41, 5.74) is 1.13. The number of hydrogen-bond acceptors (Lipinski definition) is 3. The van der Waals surface area contributed by atoms with Gasteiger partial charge >= 0.3 is 5.97 Å². The van der Waals surface area contributed by atoms with Gasteiger partial charge in [0.2, 0.25) is 0 Å². The number of hydrogen-bond donors (Lipinski definition) is 0. The van der Waals surface area contributed by atoms with Crippen LogP contribution in [0.5, 0.6) is 0 Å². The van der Waals surface area contributed by atoms with Crippen LogP contribution in [0.25, 0.3) is 0 Å². The van der Waals surface area contributed by atoms with Crippen molar-refractivity contribution in [2.24, 2.45) is 0 Å². The van der Waals surface area contributed by atoms with Gasteiger partial charge in [-0.2, -0.15) is 0 Å². The Kier molecular flexibility index (Phi) is 5.15. The molecule has 0 N–H and O–H groups in total. The first-order chi connectivity index (χ1) is 7.58. The van der Waals surface area contributed by atoms with Gasteiger partial charge in [0.25, 0.3) is 0 Å². The average Bonchev–Trinajstić information content (AvgIpc) is 2.17. The Labute approximate surface area is 110 Å². The van der Waals surface area contributed by atoms with E-state index < -0.39 is 0 Å². The van der Waals surface area contributed by atoms with Crippen molar-refractivity contribution in [1.29, 1.82) is 0 Å². The van der Waals surface area contributed by atoms with E-state index in [1.54, 1.807) is 19.1 Å². The van der Waals surface area contributed by atoms with Crippen LogP contribution in [0.3, 0.4) is 0 Å². The van der Waals surface area contributed by atoms with Crippen LogP contribution < -0.4 is 0 Å². The first-order valence-corrected chi connectivity index (χ1v) is 6.25. The van der Waals surface area contributed by atoms with Crippen LogP contribution in [0.4, 0.5) is 0 Å². The van der Waals surface area contributed by atoms with Crippen molar-refractivity contribution in [3.63, 3.8) is 0 Å². The van der Waals surface area contributed by atoms with Crippen molar-refractivity contribution in [1.82, 2.24) is 0 Å². The summed E-state index contributed by atoms with van der Waals surface area (Å²) in [7, 11) is 0. The number of aldehydes is 1. The molecule has 0 unspecified atom stereocenters. The van der Waals surface area contributed by atoms with Crippen LogP contribution >= 0.6 is 31.9 Å². The normalized spacial score (nSPS) is 9.94. The number of esters is 1. The summed E-state index contributed by atoms with van der Waals surface area (Å²) < 4.78 is 6.31. The fourth-order valence-electron chi connectivity index (χ4n) is 1.28. The highest BCUT2D eigenvalue weighted by atomic mass is 79.9. The monoisotopic (exact) mass is 348 g/mol. The van der Waals surface area contributed by atoms with Gasteiger partial charge in [-0.05, 0) is 24.6 Å². The molecular weight excluding hydrogens is 340 g/mol. The largest absolute Gasteiger partial charge is 0.466 e. The Morgan fingerprint density at radius 1 is 1.44 bits per heavy atom. The fourth-order valence-corrected chi connectivity index (χ4v) is 2.69. The Balaban J connectivity index is 3.02. The van der Waals surface area contributed by atoms with Gasteiger partial charge in [-0.15, -0.1) is 0 Å². The molecule has 0 aromatic heterocycles. The van der Waals surface area contributed by atoms with E-state index in [9.17, 15) is 9.59 Å². The second-order valence-electron chi connectivity index (χ2n) is 3.06. The van der Waals surface area contributed by atoms with Crippen LogP contribution in [0.15, 0.2) is 21.1 Å². The first-order valence-electron chi connectivity index (χ1n) is 4.67. The predicted octanol–water partition coefficient (Wildman–Crippen LogP) is 3.13.